The van der Waals surface area contributed by atoms with Crippen molar-refractivity contribution in [2.75, 3.05) is 25.0 Å². The van der Waals surface area contributed by atoms with Crippen LogP contribution >= 0.6 is 0 Å². The lowest BCUT2D eigenvalue weighted by Crippen LogP contribution is -2.30. The van der Waals surface area contributed by atoms with Crippen molar-refractivity contribution in [3.63, 3.8) is 0 Å². The molecule has 1 heterocycles. The highest BCUT2D eigenvalue weighted by Gasteiger charge is 2.17. The molecular formula is C16H21N3O. The monoisotopic (exact) mass is 271 g/mol. The highest BCUT2D eigenvalue weighted by atomic mass is 16.2. The summed E-state index contributed by atoms with van der Waals surface area (Å²) < 4.78 is 0. The summed E-state index contributed by atoms with van der Waals surface area (Å²) in [5.41, 5.74) is 1.37. The zero-order valence-corrected chi connectivity index (χ0v) is 11.9. The van der Waals surface area contributed by atoms with Gasteiger partial charge in [0.15, 0.2) is 0 Å². The van der Waals surface area contributed by atoms with Crippen LogP contribution in [-0.4, -0.2) is 26.0 Å². The topological polar surface area (TPSA) is 56.1 Å². The lowest BCUT2D eigenvalue weighted by molar-refractivity contribution is -0.118. The lowest BCUT2D eigenvalue weighted by Gasteiger charge is -2.23. The molecule has 1 saturated heterocycles. The first kappa shape index (κ1) is 14.5. The van der Waals surface area contributed by atoms with Gasteiger partial charge in [-0.15, -0.1) is 0 Å². The molecule has 4 heteroatoms. The van der Waals surface area contributed by atoms with E-state index >= 15 is 0 Å². The third-order valence-corrected chi connectivity index (χ3v) is 3.96. The van der Waals surface area contributed by atoms with E-state index in [1.165, 1.54) is 12.8 Å². The molecule has 0 saturated carbocycles. The van der Waals surface area contributed by atoms with Gasteiger partial charge in [-0.3, -0.25) is 4.79 Å². The molecule has 0 spiro atoms. The number of piperidine rings is 1. The SMILES string of the molecule is CN(C(=O)CCC1CCNCC1)c1cccc(C#N)c1. The van der Waals surface area contributed by atoms with E-state index < -0.39 is 0 Å². The van der Waals surface area contributed by atoms with Crippen molar-refractivity contribution in [1.82, 2.24) is 5.32 Å². The van der Waals surface area contributed by atoms with E-state index in [2.05, 4.69) is 11.4 Å². The number of nitriles is 1. The maximum Gasteiger partial charge on any atom is 0.226 e. The van der Waals surface area contributed by atoms with Gasteiger partial charge < -0.3 is 10.2 Å². The van der Waals surface area contributed by atoms with E-state index in [4.69, 9.17) is 5.26 Å². The zero-order valence-electron chi connectivity index (χ0n) is 11.9. The van der Waals surface area contributed by atoms with Gasteiger partial charge in [0, 0.05) is 19.2 Å². The average Bonchev–Trinajstić information content (AvgIpc) is 2.53. The fraction of sp³-hybridized carbons (Fsp3) is 0.500. The predicted molar refractivity (Wildman–Crippen MR) is 79.4 cm³/mol. The first-order valence-electron chi connectivity index (χ1n) is 7.18. The van der Waals surface area contributed by atoms with E-state index in [1.807, 2.05) is 12.1 Å². The third-order valence-electron chi connectivity index (χ3n) is 3.96. The molecule has 106 valence electrons. The number of hydrogen-bond acceptors (Lipinski definition) is 3. The molecule has 0 bridgehead atoms. The van der Waals surface area contributed by atoms with Gasteiger partial charge in [-0.1, -0.05) is 6.07 Å². The molecule has 0 aromatic heterocycles. The quantitative estimate of drug-likeness (QED) is 0.914. The fourth-order valence-electron chi connectivity index (χ4n) is 2.59. The van der Waals surface area contributed by atoms with E-state index in [0.717, 1.165) is 25.2 Å². The van der Waals surface area contributed by atoms with Gasteiger partial charge in [-0.2, -0.15) is 5.26 Å². The van der Waals surface area contributed by atoms with Crippen molar-refractivity contribution in [2.45, 2.75) is 25.7 Å². The smallest absolute Gasteiger partial charge is 0.226 e. The Morgan fingerprint density at radius 3 is 2.90 bits per heavy atom. The van der Waals surface area contributed by atoms with Gasteiger partial charge >= 0.3 is 0 Å². The Morgan fingerprint density at radius 2 is 2.20 bits per heavy atom. The first-order valence-corrected chi connectivity index (χ1v) is 7.18. The molecule has 1 aliphatic rings. The first-order chi connectivity index (χ1) is 9.70. The van der Waals surface area contributed by atoms with E-state index in [1.54, 1.807) is 24.1 Å². The van der Waals surface area contributed by atoms with Gasteiger partial charge in [-0.25, -0.2) is 0 Å². The van der Waals surface area contributed by atoms with E-state index in [-0.39, 0.29) is 5.91 Å². The van der Waals surface area contributed by atoms with Crippen LogP contribution in [0.3, 0.4) is 0 Å². The van der Waals surface area contributed by atoms with Gasteiger partial charge in [0.05, 0.1) is 11.6 Å². The molecule has 0 radical (unpaired) electrons. The second kappa shape index (κ2) is 7.06. The Hall–Kier alpha value is -1.86. The number of benzene rings is 1. The molecule has 1 aromatic carbocycles. The number of hydrogen-bond donors (Lipinski definition) is 1. The molecule has 1 fully saturated rings. The number of nitrogens with one attached hydrogen (secondary N) is 1. The molecule has 0 aliphatic carbocycles. The highest BCUT2D eigenvalue weighted by molar-refractivity contribution is 5.92. The van der Waals surface area contributed by atoms with Crippen LogP contribution in [0, 0.1) is 17.2 Å². The number of nitrogens with zero attached hydrogens (tertiary/aromatic N) is 2. The predicted octanol–water partition coefficient (Wildman–Crippen LogP) is 2.30. The second-order valence-electron chi connectivity index (χ2n) is 5.35. The summed E-state index contributed by atoms with van der Waals surface area (Å²) in [5.74, 6) is 0.790. The standard InChI is InChI=1S/C16H21N3O/c1-19(15-4-2-3-14(11-15)12-17)16(20)6-5-13-7-9-18-10-8-13/h2-4,11,13,18H,5-10H2,1H3. The summed E-state index contributed by atoms with van der Waals surface area (Å²) in [6, 6.07) is 9.27. The van der Waals surface area contributed by atoms with Gasteiger partial charge in [0.2, 0.25) is 5.91 Å². The van der Waals surface area contributed by atoms with Crippen molar-refractivity contribution in [2.24, 2.45) is 5.92 Å². The summed E-state index contributed by atoms with van der Waals surface area (Å²) in [4.78, 5) is 13.9. The molecule has 0 atom stereocenters. The molecule has 1 aliphatic heterocycles. The van der Waals surface area contributed by atoms with Crippen LogP contribution in [0.4, 0.5) is 5.69 Å². The van der Waals surface area contributed by atoms with E-state index in [0.29, 0.717) is 17.9 Å². The van der Waals surface area contributed by atoms with Gasteiger partial charge in [0.25, 0.3) is 0 Å². The Kier molecular flexibility index (Phi) is 5.14. The molecule has 1 N–H and O–H groups in total. The highest BCUT2D eigenvalue weighted by Crippen LogP contribution is 2.20. The summed E-state index contributed by atoms with van der Waals surface area (Å²) >= 11 is 0. The second-order valence-corrected chi connectivity index (χ2v) is 5.35. The minimum Gasteiger partial charge on any atom is -0.317 e. The van der Waals surface area contributed by atoms with Crippen LogP contribution in [-0.2, 0) is 4.79 Å². The normalized spacial score (nSPS) is 15.6. The fourth-order valence-corrected chi connectivity index (χ4v) is 2.59. The summed E-state index contributed by atoms with van der Waals surface area (Å²) in [7, 11) is 1.78. The number of carbonyl (C=O) groups is 1. The molecular weight excluding hydrogens is 250 g/mol. The van der Waals surface area contributed by atoms with Crippen LogP contribution in [0.1, 0.15) is 31.2 Å². The number of anilines is 1. The molecule has 4 nitrogen and oxygen atoms in total. The Balaban J connectivity index is 1.89. The molecule has 20 heavy (non-hydrogen) atoms. The Labute approximate surface area is 120 Å². The molecule has 1 aromatic rings. The van der Waals surface area contributed by atoms with Crippen LogP contribution in [0.5, 0.6) is 0 Å². The number of carbonyl (C=O) groups excluding carboxylic acids is 1. The maximum absolute atomic E-state index is 12.2. The summed E-state index contributed by atoms with van der Waals surface area (Å²) in [6.45, 7) is 2.14. The lowest BCUT2D eigenvalue weighted by atomic mass is 9.93. The Bertz CT molecular complexity index is 501. The molecule has 1 amide bonds. The largest absolute Gasteiger partial charge is 0.317 e. The third kappa shape index (κ3) is 3.82. The van der Waals surface area contributed by atoms with E-state index in [9.17, 15) is 4.79 Å². The maximum atomic E-state index is 12.2. The van der Waals surface area contributed by atoms with Crippen molar-refractivity contribution >= 4 is 11.6 Å². The van der Waals surface area contributed by atoms with Gasteiger partial charge in [-0.05, 0) is 56.5 Å². The van der Waals surface area contributed by atoms with Crippen LogP contribution in [0.15, 0.2) is 24.3 Å². The van der Waals surface area contributed by atoms with Crippen LogP contribution < -0.4 is 10.2 Å². The minimum absolute atomic E-state index is 0.124. The van der Waals surface area contributed by atoms with Crippen molar-refractivity contribution in [3.8, 4) is 6.07 Å². The summed E-state index contributed by atoms with van der Waals surface area (Å²) in [5, 5.41) is 12.2. The van der Waals surface area contributed by atoms with Crippen molar-refractivity contribution in [3.05, 3.63) is 29.8 Å². The summed E-state index contributed by atoms with van der Waals surface area (Å²) in [6.07, 6.45) is 3.88. The minimum atomic E-state index is 0.124. The number of amides is 1. The van der Waals surface area contributed by atoms with Crippen molar-refractivity contribution in [1.29, 1.82) is 5.26 Å². The van der Waals surface area contributed by atoms with Crippen molar-refractivity contribution < 1.29 is 4.79 Å². The number of rotatable bonds is 4. The van der Waals surface area contributed by atoms with Crippen LogP contribution in [0.25, 0.3) is 0 Å². The molecule has 0 unspecified atom stereocenters. The molecule has 2 rings (SSSR count). The van der Waals surface area contributed by atoms with Gasteiger partial charge in [0.1, 0.15) is 0 Å². The average molecular weight is 271 g/mol. The Morgan fingerprint density at radius 1 is 1.45 bits per heavy atom. The van der Waals surface area contributed by atoms with Crippen LogP contribution in [0.2, 0.25) is 0 Å². The zero-order chi connectivity index (χ0) is 14.4.